The summed E-state index contributed by atoms with van der Waals surface area (Å²) in [5.41, 5.74) is 4.98. The number of likely N-dealkylation sites (N-methyl/N-ethyl adjacent to an activating group) is 1. The minimum atomic E-state index is -0.445. The summed E-state index contributed by atoms with van der Waals surface area (Å²) in [5.74, 6) is 0. The van der Waals surface area contributed by atoms with Crippen LogP contribution in [0.25, 0.3) is 0 Å². The second-order valence-electron chi connectivity index (χ2n) is 4.18. The maximum atomic E-state index is 11.4. The molecule has 1 atom stereocenters. The number of carbonyl (C=O) groups is 1. The fourth-order valence-corrected chi connectivity index (χ4v) is 0.672. The fourth-order valence-electron chi connectivity index (χ4n) is 0.672. The van der Waals surface area contributed by atoms with Crippen LogP contribution in [0.3, 0.4) is 0 Å². The van der Waals surface area contributed by atoms with Gasteiger partial charge in [0.2, 0.25) is 0 Å². The summed E-state index contributed by atoms with van der Waals surface area (Å²) in [7, 11) is 1.69. The van der Waals surface area contributed by atoms with E-state index in [0.717, 1.165) is 0 Å². The lowest BCUT2D eigenvalue weighted by Crippen LogP contribution is -2.42. The van der Waals surface area contributed by atoms with Gasteiger partial charge < -0.3 is 15.4 Å². The van der Waals surface area contributed by atoms with Crippen LogP contribution in [0, 0.1) is 0 Å². The molecule has 0 radical (unpaired) electrons. The van der Waals surface area contributed by atoms with Gasteiger partial charge in [0.15, 0.2) is 0 Å². The molecule has 0 aromatic carbocycles. The molecule has 0 rings (SSSR count). The number of amides is 1. The fraction of sp³-hybridized carbons (Fsp3) is 0.889. The van der Waals surface area contributed by atoms with Gasteiger partial charge in [-0.1, -0.05) is 0 Å². The van der Waals surface area contributed by atoms with Crippen molar-refractivity contribution in [2.24, 2.45) is 5.73 Å². The standard InChI is InChI=1S/C9H20N2O2/c1-7(6-10)11(5)8(12)13-9(2,3)4/h7H,6,10H2,1-5H3. The molecule has 0 aliphatic carbocycles. The van der Waals surface area contributed by atoms with E-state index in [1.807, 2.05) is 27.7 Å². The Balaban J connectivity index is 4.12. The van der Waals surface area contributed by atoms with Crippen molar-refractivity contribution in [3.63, 3.8) is 0 Å². The zero-order valence-corrected chi connectivity index (χ0v) is 9.13. The molecule has 78 valence electrons. The SMILES string of the molecule is CC(CN)N(C)C(=O)OC(C)(C)C. The van der Waals surface area contributed by atoms with Crippen LogP contribution in [-0.4, -0.2) is 36.2 Å². The number of nitrogens with two attached hydrogens (primary N) is 1. The van der Waals surface area contributed by atoms with E-state index in [0.29, 0.717) is 6.54 Å². The van der Waals surface area contributed by atoms with Crippen molar-refractivity contribution in [2.75, 3.05) is 13.6 Å². The number of nitrogens with zero attached hydrogens (tertiary/aromatic N) is 1. The number of rotatable bonds is 2. The highest BCUT2D eigenvalue weighted by Gasteiger charge is 2.21. The Kier molecular flexibility index (Phi) is 4.20. The normalized spacial score (nSPS) is 13.7. The van der Waals surface area contributed by atoms with Crippen molar-refractivity contribution in [3.05, 3.63) is 0 Å². The first-order valence-electron chi connectivity index (χ1n) is 4.44. The third-order valence-corrected chi connectivity index (χ3v) is 1.68. The highest BCUT2D eigenvalue weighted by molar-refractivity contribution is 5.68. The Morgan fingerprint density at radius 3 is 2.31 bits per heavy atom. The van der Waals surface area contributed by atoms with E-state index in [2.05, 4.69) is 0 Å². The lowest BCUT2D eigenvalue weighted by molar-refractivity contribution is 0.0242. The largest absolute Gasteiger partial charge is 0.444 e. The van der Waals surface area contributed by atoms with Crippen LogP contribution >= 0.6 is 0 Å². The lowest BCUT2D eigenvalue weighted by atomic mass is 10.2. The van der Waals surface area contributed by atoms with E-state index in [-0.39, 0.29) is 12.1 Å². The van der Waals surface area contributed by atoms with Gasteiger partial charge in [0.25, 0.3) is 0 Å². The van der Waals surface area contributed by atoms with Crippen LogP contribution < -0.4 is 5.73 Å². The predicted octanol–water partition coefficient (Wildman–Crippen LogP) is 1.20. The molecule has 0 bridgehead atoms. The van der Waals surface area contributed by atoms with Crippen LogP contribution in [0.5, 0.6) is 0 Å². The number of ether oxygens (including phenoxy) is 1. The van der Waals surface area contributed by atoms with Gasteiger partial charge in [-0.05, 0) is 27.7 Å². The van der Waals surface area contributed by atoms with Crippen molar-refractivity contribution in [1.82, 2.24) is 4.90 Å². The molecule has 0 aliphatic rings. The Morgan fingerprint density at radius 1 is 1.54 bits per heavy atom. The molecule has 0 saturated heterocycles. The van der Waals surface area contributed by atoms with E-state index in [9.17, 15) is 4.79 Å². The molecule has 13 heavy (non-hydrogen) atoms. The maximum Gasteiger partial charge on any atom is 0.410 e. The average molecular weight is 188 g/mol. The molecular weight excluding hydrogens is 168 g/mol. The molecule has 0 spiro atoms. The summed E-state index contributed by atoms with van der Waals surface area (Å²) in [4.78, 5) is 12.9. The van der Waals surface area contributed by atoms with Crippen LogP contribution in [0.1, 0.15) is 27.7 Å². The molecule has 0 aromatic heterocycles. The maximum absolute atomic E-state index is 11.4. The predicted molar refractivity (Wildman–Crippen MR) is 52.5 cm³/mol. The van der Waals surface area contributed by atoms with Crippen LogP contribution in [0.4, 0.5) is 4.79 Å². The number of hydrogen-bond donors (Lipinski definition) is 1. The highest BCUT2D eigenvalue weighted by Crippen LogP contribution is 2.10. The van der Waals surface area contributed by atoms with Gasteiger partial charge in [-0.2, -0.15) is 0 Å². The Morgan fingerprint density at radius 2 is 2.00 bits per heavy atom. The Bertz CT molecular complexity index is 175. The smallest absolute Gasteiger partial charge is 0.410 e. The molecule has 1 unspecified atom stereocenters. The first kappa shape index (κ1) is 12.2. The second-order valence-corrected chi connectivity index (χ2v) is 4.18. The highest BCUT2D eigenvalue weighted by atomic mass is 16.6. The second kappa shape index (κ2) is 4.46. The van der Waals surface area contributed by atoms with E-state index < -0.39 is 5.60 Å². The van der Waals surface area contributed by atoms with Crippen molar-refractivity contribution < 1.29 is 9.53 Å². The van der Waals surface area contributed by atoms with Gasteiger partial charge in [0.05, 0.1) is 0 Å². The summed E-state index contributed by atoms with van der Waals surface area (Å²) in [6, 6.07) is 0.00912. The summed E-state index contributed by atoms with van der Waals surface area (Å²) < 4.78 is 5.15. The van der Waals surface area contributed by atoms with Crippen molar-refractivity contribution in [2.45, 2.75) is 39.3 Å². The molecule has 0 aromatic rings. The van der Waals surface area contributed by atoms with Gasteiger partial charge in [0.1, 0.15) is 5.60 Å². The molecule has 0 aliphatic heterocycles. The molecule has 4 nitrogen and oxygen atoms in total. The van der Waals surface area contributed by atoms with Gasteiger partial charge in [-0.25, -0.2) is 4.79 Å². The Hall–Kier alpha value is -0.770. The first-order valence-corrected chi connectivity index (χ1v) is 4.44. The number of carbonyl (C=O) groups excluding carboxylic acids is 1. The van der Waals surface area contributed by atoms with E-state index in [1.165, 1.54) is 4.90 Å². The number of hydrogen-bond acceptors (Lipinski definition) is 3. The van der Waals surface area contributed by atoms with Crippen LogP contribution in [0.15, 0.2) is 0 Å². The quantitative estimate of drug-likeness (QED) is 0.708. The van der Waals surface area contributed by atoms with E-state index in [1.54, 1.807) is 7.05 Å². The summed E-state index contributed by atoms with van der Waals surface area (Å²) in [6.07, 6.45) is -0.328. The zero-order valence-electron chi connectivity index (χ0n) is 9.13. The van der Waals surface area contributed by atoms with E-state index in [4.69, 9.17) is 10.5 Å². The summed E-state index contributed by atoms with van der Waals surface area (Å²) in [6.45, 7) is 7.84. The third kappa shape index (κ3) is 4.72. The molecule has 0 heterocycles. The zero-order chi connectivity index (χ0) is 10.6. The minimum absolute atomic E-state index is 0.00912. The summed E-state index contributed by atoms with van der Waals surface area (Å²) >= 11 is 0. The van der Waals surface area contributed by atoms with Gasteiger partial charge in [-0.3, -0.25) is 0 Å². The molecule has 0 saturated carbocycles. The Labute approximate surface area is 80.0 Å². The lowest BCUT2D eigenvalue weighted by Gasteiger charge is -2.27. The third-order valence-electron chi connectivity index (χ3n) is 1.68. The van der Waals surface area contributed by atoms with Crippen molar-refractivity contribution in [1.29, 1.82) is 0 Å². The average Bonchev–Trinajstić information content (AvgIpc) is 1.98. The molecule has 2 N–H and O–H groups in total. The minimum Gasteiger partial charge on any atom is -0.444 e. The molecular formula is C9H20N2O2. The topological polar surface area (TPSA) is 55.6 Å². The van der Waals surface area contributed by atoms with Gasteiger partial charge in [0, 0.05) is 19.6 Å². The van der Waals surface area contributed by atoms with Crippen molar-refractivity contribution in [3.8, 4) is 0 Å². The molecule has 0 fully saturated rings. The van der Waals surface area contributed by atoms with E-state index >= 15 is 0 Å². The molecule has 4 heteroatoms. The first-order chi connectivity index (χ1) is 5.78. The van der Waals surface area contributed by atoms with Gasteiger partial charge in [-0.15, -0.1) is 0 Å². The summed E-state index contributed by atoms with van der Waals surface area (Å²) in [5, 5.41) is 0. The molecule has 1 amide bonds. The van der Waals surface area contributed by atoms with Gasteiger partial charge >= 0.3 is 6.09 Å². The monoisotopic (exact) mass is 188 g/mol. The van der Waals surface area contributed by atoms with Crippen LogP contribution in [0.2, 0.25) is 0 Å². The van der Waals surface area contributed by atoms with Crippen molar-refractivity contribution >= 4 is 6.09 Å². The van der Waals surface area contributed by atoms with Crippen LogP contribution in [-0.2, 0) is 4.74 Å².